The third-order valence-electron chi connectivity index (χ3n) is 3.39. The average Bonchev–Trinajstić information content (AvgIpc) is 2.73. The zero-order valence-corrected chi connectivity index (χ0v) is 11.7. The molecular weight excluding hydrogens is 283 g/mol. The smallest absolute Gasteiger partial charge is 0.408 e. The van der Waals surface area contributed by atoms with Gasteiger partial charge < -0.3 is 14.8 Å². The van der Waals surface area contributed by atoms with E-state index in [1.54, 1.807) is 36.4 Å². The lowest BCUT2D eigenvalue weighted by Crippen LogP contribution is -2.44. The molecule has 0 aliphatic carbocycles. The number of benzene rings is 1. The van der Waals surface area contributed by atoms with E-state index in [4.69, 9.17) is 9.47 Å². The first-order valence-electron chi connectivity index (χ1n) is 6.71. The van der Waals surface area contributed by atoms with E-state index in [9.17, 15) is 13.2 Å². The molecule has 1 aliphatic heterocycles. The first-order chi connectivity index (χ1) is 10.0. The molecule has 1 N–H and O–H groups in total. The summed E-state index contributed by atoms with van der Waals surface area (Å²) in [5, 5.41) is 2.57. The summed E-state index contributed by atoms with van der Waals surface area (Å²) in [7, 11) is 1.51. The Kier molecular flexibility index (Phi) is 5.12. The highest BCUT2D eigenvalue weighted by Crippen LogP contribution is 2.32. The highest BCUT2D eigenvalue weighted by Gasteiger charge is 2.44. The highest BCUT2D eigenvalue weighted by atomic mass is 19.4. The van der Waals surface area contributed by atoms with Crippen molar-refractivity contribution in [2.75, 3.05) is 25.6 Å². The molecule has 0 unspecified atom stereocenters. The van der Waals surface area contributed by atoms with Gasteiger partial charge in [0.25, 0.3) is 0 Å². The average molecular weight is 301 g/mol. The molecule has 0 amide bonds. The SMILES string of the molecule is COc1ccc(N[C@@H]([C@@H]2CC=CCOC2)C(F)(F)F)cc1. The minimum absolute atomic E-state index is 0.0837. The minimum Gasteiger partial charge on any atom is -0.497 e. The molecule has 1 aliphatic rings. The van der Waals surface area contributed by atoms with Crippen LogP contribution in [0.3, 0.4) is 0 Å². The van der Waals surface area contributed by atoms with Crippen LogP contribution in [0.1, 0.15) is 6.42 Å². The van der Waals surface area contributed by atoms with Gasteiger partial charge in [-0.2, -0.15) is 13.2 Å². The molecule has 0 bridgehead atoms. The molecule has 6 heteroatoms. The monoisotopic (exact) mass is 301 g/mol. The Morgan fingerprint density at radius 2 is 1.95 bits per heavy atom. The molecule has 0 fully saturated rings. The summed E-state index contributed by atoms with van der Waals surface area (Å²) in [5.41, 5.74) is 0.409. The first kappa shape index (κ1) is 15.7. The van der Waals surface area contributed by atoms with Crippen molar-refractivity contribution in [3.8, 4) is 5.75 Å². The number of alkyl halides is 3. The predicted octanol–water partition coefficient (Wildman–Crippen LogP) is 3.63. The Morgan fingerprint density at radius 1 is 1.24 bits per heavy atom. The number of nitrogens with one attached hydrogen (secondary N) is 1. The van der Waals surface area contributed by atoms with Gasteiger partial charge in [-0.15, -0.1) is 0 Å². The van der Waals surface area contributed by atoms with Gasteiger partial charge in [0.1, 0.15) is 11.8 Å². The summed E-state index contributed by atoms with van der Waals surface area (Å²) < 4.78 is 50.1. The normalized spacial score (nSPS) is 20.7. The number of allylic oxidation sites excluding steroid dienone is 1. The van der Waals surface area contributed by atoms with Crippen LogP contribution in [0.15, 0.2) is 36.4 Å². The topological polar surface area (TPSA) is 30.5 Å². The van der Waals surface area contributed by atoms with Gasteiger partial charge in [0, 0.05) is 11.6 Å². The number of methoxy groups -OCH3 is 1. The summed E-state index contributed by atoms with van der Waals surface area (Å²) in [6, 6.07) is 4.75. The van der Waals surface area contributed by atoms with Crippen LogP contribution in [-0.4, -0.2) is 32.5 Å². The molecule has 0 radical (unpaired) electrons. The van der Waals surface area contributed by atoms with Gasteiger partial charge in [-0.05, 0) is 30.7 Å². The summed E-state index contributed by atoms with van der Waals surface area (Å²) in [5.74, 6) is -0.0457. The molecule has 1 aromatic carbocycles. The highest BCUT2D eigenvalue weighted by molar-refractivity contribution is 5.47. The molecule has 2 rings (SSSR count). The first-order valence-corrected chi connectivity index (χ1v) is 6.71. The van der Waals surface area contributed by atoms with E-state index >= 15 is 0 Å². The van der Waals surface area contributed by atoms with Crippen LogP contribution < -0.4 is 10.1 Å². The van der Waals surface area contributed by atoms with E-state index in [-0.39, 0.29) is 6.61 Å². The van der Waals surface area contributed by atoms with Crippen LogP contribution in [0.4, 0.5) is 18.9 Å². The molecule has 2 atom stereocenters. The fourth-order valence-corrected chi connectivity index (χ4v) is 2.26. The van der Waals surface area contributed by atoms with Crippen molar-refractivity contribution < 1.29 is 22.6 Å². The third kappa shape index (κ3) is 4.39. The van der Waals surface area contributed by atoms with Crippen LogP contribution in [-0.2, 0) is 4.74 Å². The lowest BCUT2D eigenvalue weighted by molar-refractivity contribution is -0.157. The van der Waals surface area contributed by atoms with E-state index < -0.39 is 18.1 Å². The van der Waals surface area contributed by atoms with Crippen molar-refractivity contribution in [1.29, 1.82) is 0 Å². The minimum atomic E-state index is -4.34. The van der Waals surface area contributed by atoms with Crippen LogP contribution in [0.25, 0.3) is 0 Å². The van der Waals surface area contributed by atoms with Crippen LogP contribution in [0.2, 0.25) is 0 Å². The molecular formula is C15H18F3NO2. The van der Waals surface area contributed by atoms with Crippen molar-refractivity contribution in [1.82, 2.24) is 0 Å². The molecule has 0 spiro atoms. The van der Waals surface area contributed by atoms with Gasteiger partial charge >= 0.3 is 6.18 Å². The zero-order chi connectivity index (χ0) is 15.3. The maximum absolute atomic E-state index is 13.3. The van der Waals surface area contributed by atoms with Crippen LogP contribution in [0, 0.1) is 5.92 Å². The zero-order valence-electron chi connectivity index (χ0n) is 11.7. The Bertz CT molecular complexity index is 471. The number of hydrogen-bond donors (Lipinski definition) is 1. The Morgan fingerprint density at radius 3 is 2.57 bits per heavy atom. The number of ether oxygens (including phenoxy) is 2. The summed E-state index contributed by atoms with van der Waals surface area (Å²) in [6.45, 7) is 0.448. The Balaban J connectivity index is 2.13. The predicted molar refractivity (Wildman–Crippen MR) is 74.5 cm³/mol. The largest absolute Gasteiger partial charge is 0.497 e. The Hall–Kier alpha value is -1.69. The fourth-order valence-electron chi connectivity index (χ4n) is 2.26. The second-order valence-corrected chi connectivity index (χ2v) is 4.90. The molecule has 116 valence electrons. The van der Waals surface area contributed by atoms with Crippen LogP contribution >= 0.6 is 0 Å². The number of halogens is 3. The van der Waals surface area contributed by atoms with Crippen molar-refractivity contribution in [2.45, 2.75) is 18.6 Å². The lowest BCUT2D eigenvalue weighted by atomic mass is 9.96. The molecule has 0 aromatic heterocycles. The molecule has 1 heterocycles. The third-order valence-corrected chi connectivity index (χ3v) is 3.39. The summed E-state index contributed by atoms with van der Waals surface area (Å²) in [6.07, 6.45) is -0.508. The van der Waals surface area contributed by atoms with E-state index in [2.05, 4.69) is 5.32 Å². The van der Waals surface area contributed by atoms with E-state index in [0.717, 1.165) is 0 Å². The van der Waals surface area contributed by atoms with Gasteiger partial charge in [0.2, 0.25) is 0 Å². The molecule has 3 nitrogen and oxygen atoms in total. The van der Waals surface area contributed by atoms with Gasteiger partial charge in [-0.1, -0.05) is 12.2 Å². The van der Waals surface area contributed by atoms with Gasteiger partial charge in [-0.25, -0.2) is 0 Å². The van der Waals surface area contributed by atoms with E-state index in [1.807, 2.05) is 0 Å². The maximum Gasteiger partial charge on any atom is 0.408 e. The number of hydrogen-bond acceptors (Lipinski definition) is 3. The molecule has 21 heavy (non-hydrogen) atoms. The van der Waals surface area contributed by atoms with Crippen molar-refractivity contribution >= 4 is 5.69 Å². The number of anilines is 1. The van der Waals surface area contributed by atoms with E-state index in [1.165, 1.54) is 7.11 Å². The van der Waals surface area contributed by atoms with Crippen LogP contribution in [0.5, 0.6) is 5.75 Å². The van der Waals surface area contributed by atoms with Crippen molar-refractivity contribution in [3.05, 3.63) is 36.4 Å². The van der Waals surface area contributed by atoms with Gasteiger partial charge in [-0.3, -0.25) is 0 Å². The maximum atomic E-state index is 13.3. The quantitative estimate of drug-likeness (QED) is 0.861. The molecule has 0 saturated carbocycles. The summed E-state index contributed by atoms with van der Waals surface area (Å²) >= 11 is 0. The van der Waals surface area contributed by atoms with Gasteiger partial charge in [0.05, 0.1) is 20.3 Å². The molecule has 1 aromatic rings. The Labute approximate surface area is 121 Å². The standard InChI is InChI=1S/C15H18F3NO2/c1-20-13-7-5-12(6-8-13)19-14(15(16,17)18)11-4-2-3-9-21-10-11/h2-3,5-8,11,14,19H,4,9-10H2,1H3/t11-,14+/m1/s1. The summed E-state index contributed by atoms with van der Waals surface area (Å²) in [4.78, 5) is 0. The number of rotatable bonds is 4. The second-order valence-electron chi connectivity index (χ2n) is 4.90. The van der Waals surface area contributed by atoms with Crippen molar-refractivity contribution in [3.63, 3.8) is 0 Å². The van der Waals surface area contributed by atoms with Crippen molar-refractivity contribution in [2.24, 2.45) is 5.92 Å². The van der Waals surface area contributed by atoms with Gasteiger partial charge in [0.15, 0.2) is 0 Å². The van der Waals surface area contributed by atoms with E-state index in [0.29, 0.717) is 24.5 Å². The molecule has 0 saturated heterocycles. The fraction of sp³-hybridized carbons (Fsp3) is 0.467. The lowest BCUT2D eigenvalue weighted by Gasteiger charge is -2.29. The second kappa shape index (κ2) is 6.85.